The van der Waals surface area contributed by atoms with Gasteiger partial charge in [-0.25, -0.2) is 0 Å². The Labute approximate surface area is 152 Å². The fourth-order valence-electron chi connectivity index (χ4n) is 3.44. The van der Waals surface area contributed by atoms with Crippen LogP contribution in [0.5, 0.6) is 5.75 Å². The fourth-order valence-corrected chi connectivity index (χ4v) is 3.44. The Morgan fingerprint density at radius 2 is 2.00 bits per heavy atom. The van der Waals surface area contributed by atoms with Gasteiger partial charge in [-0.2, -0.15) is 0 Å². The molecule has 4 nitrogen and oxygen atoms in total. The van der Waals surface area contributed by atoms with E-state index in [4.69, 9.17) is 9.84 Å². The zero-order valence-electron chi connectivity index (χ0n) is 15.8. The van der Waals surface area contributed by atoms with E-state index >= 15 is 0 Å². The number of carbonyl (C=O) groups is 1. The molecule has 2 rings (SSSR count). The fraction of sp³-hybridized carbons (Fsp3) is 0.667. The smallest absolute Gasteiger partial charge is 0.303 e. The molecule has 25 heavy (non-hydrogen) atoms. The number of unbranched alkanes of at least 4 members (excludes halogenated alkanes) is 1. The van der Waals surface area contributed by atoms with E-state index in [9.17, 15) is 4.79 Å². The van der Waals surface area contributed by atoms with Crippen molar-refractivity contribution < 1.29 is 14.6 Å². The van der Waals surface area contributed by atoms with Crippen molar-refractivity contribution in [2.45, 2.75) is 58.8 Å². The zero-order valence-corrected chi connectivity index (χ0v) is 15.8. The summed E-state index contributed by atoms with van der Waals surface area (Å²) in [6, 6.07) is 6.41. The molecule has 0 unspecified atom stereocenters. The largest absolute Gasteiger partial charge is 0.493 e. The highest BCUT2D eigenvalue weighted by Gasteiger charge is 2.17. The van der Waals surface area contributed by atoms with Crippen molar-refractivity contribution in [3.63, 3.8) is 0 Å². The Morgan fingerprint density at radius 1 is 1.20 bits per heavy atom. The van der Waals surface area contributed by atoms with Crippen LogP contribution < -0.4 is 4.74 Å². The maximum atomic E-state index is 10.7. The van der Waals surface area contributed by atoms with Crippen LogP contribution in [0.15, 0.2) is 18.2 Å². The summed E-state index contributed by atoms with van der Waals surface area (Å²) in [7, 11) is 0. The number of carboxylic acid groups (broad SMARTS) is 1. The van der Waals surface area contributed by atoms with Gasteiger partial charge in [-0.15, -0.1) is 0 Å². The van der Waals surface area contributed by atoms with Crippen LogP contribution in [0.1, 0.15) is 57.1 Å². The second-order valence-corrected chi connectivity index (χ2v) is 7.47. The molecular formula is C21H33NO3. The maximum absolute atomic E-state index is 10.7. The first-order chi connectivity index (χ1) is 12.1. The van der Waals surface area contributed by atoms with Crippen LogP contribution in [0, 0.1) is 5.92 Å². The molecule has 0 aliphatic carbocycles. The molecule has 1 heterocycles. The van der Waals surface area contributed by atoms with E-state index in [1.807, 2.05) is 0 Å². The second kappa shape index (κ2) is 10.4. The van der Waals surface area contributed by atoms with Gasteiger partial charge in [0.05, 0.1) is 6.61 Å². The molecule has 0 radical (unpaired) electrons. The molecule has 1 aliphatic rings. The Kier molecular flexibility index (Phi) is 8.26. The van der Waals surface area contributed by atoms with Gasteiger partial charge in [0.15, 0.2) is 0 Å². The van der Waals surface area contributed by atoms with E-state index in [2.05, 4.69) is 36.9 Å². The van der Waals surface area contributed by atoms with Gasteiger partial charge in [0.25, 0.3) is 0 Å². The molecule has 0 saturated heterocycles. The summed E-state index contributed by atoms with van der Waals surface area (Å²) in [5.41, 5.74) is 2.74. The lowest BCUT2D eigenvalue weighted by molar-refractivity contribution is -0.137. The lowest BCUT2D eigenvalue weighted by Crippen LogP contribution is -2.27. The van der Waals surface area contributed by atoms with Crippen LogP contribution in [0.4, 0.5) is 0 Å². The van der Waals surface area contributed by atoms with Crippen molar-refractivity contribution >= 4 is 5.97 Å². The van der Waals surface area contributed by atoms with Crippen molar-refractivity contribution in [3.8, 4) is 5.75 Å². The molecule has 0 saturated carbocycles. The predicted octanol–water partition coefficient (Wildman–Crippen LogP) is 4.16. The number of hydrogen-bond donors (Lipinski definition) is 1. The standard InChI is InChI=1S/C21H33NO3/c1-17(2)7-3-4-16-25-20-9-5-8-18-11-14-22(15-12-19(18)20)13-6-10-21(23)24/h5,8-9,17H,3-4,6-7,10-16H2,1-2H3,(H,23,24). The zero-order chi connectivity index (χ0) is 18.1. The lowest BCUT2D eigenvalue weighted by atomic mass is 10.0. The summed E-state index contributed by atoms with van der Waals surface area (Å²) >= 11 is 0. The molecule has 1 N–H and O–H groups in total. The number of aliphatic carboxylic acids is 1. The van der Waals surface area contributed by atoms with E-state index in [-0.39, 0.29) is 6.42 Å². The number of rotatable bonds is 10. The van der Waals surface area contributed by atoms with Crippen molar-refractivity contribution in [1.29, 1.82) is 0 Å². The monoisotopic (exact) mass is 347 g/mol. The first kappa shape index (κ1) is 19.8. The van der Waals surface area contributed by atoms with Crippen molar-refractivity contribution in [1.82, 2.24) is 4.90 Å². The molecule has 0 aromatic heterocycles. The number of nitrogens with zero attached hydrogens (tertiary/aromatic N) is 1. The van der Waals surface area contributed by atoms with E-state index in [0.29, 0.717) is 0 Å². The van der Waals surface area contributed by atoms with Gasteiger partial charge in [-0.3, -0.25) is 4.79 Å². The van der Waals surface area contributed by atoms with Gasteiger partial charge in [0, 0.05) is 19.5 Å². The molecule has 1 aromatic carbocycles. The second-order valence-electron chi connectivity index (χ2n) is 7.47. The summed E-state index contributed by atoms with van der Waals surface area (Å²) in [4.78, 5) is 13.1. The van der Waals surface area contributed by atoms with Gasteiger partial charge >= 0.3 is 5.97 Å². The third kappa shape index (κ3) is 7.07. The Hall–Kier alpha value is -1.55. The average molecular weight is 347 g/mol. The highest BCUT2D eigenvalue weighted by Crippen LogP contribution is 2.26. The quantitative estimate of drug-likeness (QED) is 0.646. The lowest BCUT2D eigenvalue weighted by Gasteiger charge is -2.19. The summed E-state index contributed by atoms with van der Waals surface area (Å²) in [6.07, 6.45) is 6.60. The number of ether oxygens (including phenoxy) is 1. The minimum absolute atomic E-state index is 0.258. The number of fused-ring (bicyclic) bond motifs is 1. The Bertz CT molecular complexity index is 542. The highest BCUT2D eigenvalue weighted by molar-refractivity contribution is 5.66. The predicted molar refractivity (Wildman–Crippen MR) is 101 cm³/mol. The number of benzene rings is 1. The molecule has 0 atom stereocenters. The number of hydrogen-bond acceptors (Lipinski definition) is 3. The number of carboxylic acids is 1. The molecular weight excluding hydrogens is 314 g/mol. The molecule has 0 fully saturated rings. The Balaban J connectivity index is 1.84. The van der Waals surface area contributed by atoms with Gasteiger partial charge in [0.1, 0.15) is 5.75 Å². The van der Waals surface area contributed by atoms with Crippen LogP contribution in [-0.4, -0.2) is 42.2 Å². The van der Waals surface area contributed by atoms with Crippen LogP contribution in [0.25, 0.3) is 0 Å². The molecule has 1 aliphatic heterocycles. The van der Waals surface area contributed by atoms with Gasteiger partial charge in [-0.1, -0.05) is 32.4 Å². The van der Waals surface area contributed by atoms with E-state index in [1.54, 1.807) is 0 Å². The third-order valence-electron chi connectivity index (χ3n) is 4.90. The van der Waals surface area contributed by atoms with Crippen LogP contribution in [0.2, 0.25) is 0 Å². The van der Waals surface area contributed by atoms with Crippen molar-refractivity contribution in [2.24, 2.45) is 5.92 Å². The van der Waals surface area contributed by atoms with Gasteiger partial charge in [-0.05, 0) is 61.8 Å². The molecule has 0 bridgehead atoms. The van der Waals surface area contributed by atoms with Crippen LogP contribution in [-0.2, 0) is 17.6 Å². The Morgan fingerprint density at radius 3 is 2.76 bits per heavy atom. The average Bonchev–Trinajstić information content (AvgIpc) is 2.77. The summed E-state index contributed by atoms with van der Waals surface area (Å²) in [5.74, 6) is 1.11. The highest BCUT2D eigenvalue weighted by atomic mass is 16.5. The third-order valence-corrected chi connectivity index (χ3v) is 4.90. The van der Waals surface area contributed by atoms with Crippen molar-refractivity contribution in [3.05, 3.63) is 29.3 Å². The topological polar surface area (TPSA) is 49.8 Å². The summed E-state index contributed by atoms with van der Waals surface area (Å²) in [6.45, 7) is 8.18. The normalized spacial score (nSPS) is 15.0. The first-order valence-corrected chi connectivity index (χ1v) is 9.74. The molecule has 1 aromatic rings. The van der Waals surface area contributed by atoms with E-state index in [1.165, 1.54) is 24.0 Å². The van der Waals surface area contributed by atoms with Gasteiger partial charge in [0.2, 0.25) is 0 Å². The molecule has 0 amide bonds. The first-order valence-electron chi connectivity index (χ1n) is 9.74. The van der Waals surface area contributed by atoms with Gasteiger partial charge < -0.3 is 14.7 Å². The van der Waals surface area contributed by atoms with Crippen molar-refractivity contribution in [2.75, 3.05) is 26.2 Å². The van der Waals surface area contributed by atoms with E-state index in [0.717, 1.165) is 63.6 Å². The maximum Gasteiger partial charge on any atom is 0.303 e. The minimum Gasteiger partial charge on any atom is -0.493 e. The molecule has 4 heteroatoms. The SMILES string of the molecule is CC(C)CCCCOc1cccc2c1CCN(CCCC(=O)O)CC2. The minimum atomic E-state index is -0.703. The summed E-state index contributed by atoms with van der Waals surface area (Å²) in [5, 5.41) is 8.79. The van der Waals surface area contributed by atoms with Crippen LogP contribution in [0.3, 0.4) is 0 Å². The summed E-state index contributed by atoms with van der Waals surface area (Å²) < 4.78 is 6.09. The van der Waals surface area contributed by atoms with E-state index < -0.39 is 5.97 Å². The molecule has 140 valence electrons. The molecule has 0 spiro atoms. The van der Waals surface area contributed by atoms with Crippen LogP contribution >= 0.6 is 0 Å².